The molecule has 0 radical (unpaired) electrons. The number of unbranched alkanes of at least 4 members (excludes halogenated alkanes) is 9. The topological polar surface area (TPSA) is 94.8 Å². The highest BCUT2D eigenvalue weighted by atomic mass is 16.4. The Bertz CT molecular complexity index is 483. The molecule has 0 aliphatic rings. The summed E-state index contributed by atoms with van der Waals surface area (Å²) in [7, 11) is 0. The molecule has 0 unspecified atom stereocenters. The number of aromatic carboxylic acids is 2. The van der Waals surface area contributed by atoms with Crippen LogP contribution in [0.5, 0.6) is 0 Å². The van der Waals surface area contributed by atoms with Crippen LogP contribution in [0.15, 0.2) is 18.2 Å². The first-order valence-electron chi connectivity index (χ1n) is 9.62. The molecule has 0 heterocycles. The lowest BCUT2D eigenvalue weighted by atomic mass is 10.0. The molecule has 0 saturated carbocycles. The number of hydrogen-bond donors (Lipinski definition) is 3. The molecule has 3 N–H and O–H groups in total. The highest BCUT2D eigenvalue weighted by Gasteiger charge is 2.13. The number of rotatable bonds is 12. The summed E-state index contributed by atoms with van der Waals surface area (Å²) in [4.78, 5) is 21.2. The van der Waals surface area contributed by atoms with E-state index in [-0.39, 0.29) is 16.7 Å². The molecular formula is C21H34O5. The van der Waals surface area contributed by atoms with Crippen LogP contribution in [0, 0.1) is 6.92 Å². The van der Waals surface area contributed by atoms with Crippen molar-refractivity contribution in [1.82, 2.24) is 0 Å². The zero-order valence-corrected chi connectivity index (χ0v) is 16.2. The summed E-state index contributed by atoms with van der Waals surface area (Å²) in [5, 5.41) is 25.9. The fourth-order valence-electron chi connectivity index (χ4n) is 2.70. The van der Waals surface area contributed by atoms with Gasteiger partial charge in [-0.3, -0.25) is 0 Å². The highest BCUT2D eigenvalue weighted by Crippen LogP contribution is 2.13. The number of benzene rings is 1. The quantitative estimate of drug-likeness (QED) is 0.437. The van der Waals surface area contributed by atoms with E-state index in [1.165, 1.54) is 82.9 Å². The number of carbonyl (C=O) groups is 2. The molecule has 5 heteroatoms. The zero-order valence-electron chi connectivity index (χ0n) is 16.2. The Morgan fingerprint density at radius 2 is 1.15 bits per heavy atom. The molecule has 1 aromatic rings. The normalized spacial score (nSPS) is 10.1. The summed E-state index contributed by atoms with van der Waals surface area (Å²) < 4.78 is 0. The minimum Gasteiger partial charge on any atom is -0.478 e. The van der Waals surface area contributed by atoms with E-state index in [9.17, 15) is 9.59 Å². The second kappa shape index (κ2) is 15.4. The van der Waals surface area contributed by atoms with Crippen molar-refractivity contribution in [3.63, 3.8) is 0 Å². The Hall–Kier alpha value is -1.88. The molecule has 5 nitrogen and oxygen atoms in total. The van der Waals surface area contributed by atoms with Crippen LogP contribution in [-0.4, -0.2) is 33.9 Å². The molecule has 0 atom stereocenters. The van der Waals surface area contributed by atoms with E-state index in [0.29, 0.717) is 6.61 Å². The SMILES string of the molecule is CCCCCCCCCCCCO.Cc1c(C(=O)O)cccc1C(=O)O. The lowest BCUT2D eigenvalue weighted by Crippen LogP contribution is -2.06. The fourth-order valence-corrected chi connectivity index (χ4v) is 2.70. The lowest BCUT2D eigenvalue weighted by Gasteiger charge is -2.03. The van der Waals surface area contributed by atoms with Crippen molar-refractivity contribution in [3.8, 4) is 0 Å². The average molecular weight is 366 g/mol. The van der Waals surface area contributed by atoms with Crippen molar-refractivity contribution in [2.45, 2.75) is 78.1 Å². The van der Waals surface area contributed by atoms with Crippen LogP contribution < -0.4 is 0 Å². The van der Waals surface area contributed by atoms with Crippen LogP contribution >= 0.6 is 0 Å². The van der Waals surface area contributed by atoms with Crippen molar-refractivity contribution in [1.29, 1.82) is 0 Å². The van der Waals surface area contributed by atoms with Crippen LogP contribution in [-0.2, 0) is 0 Å². The van der Waals surface area contributed by atoms with Gasteiger partial charge in [-0.1, -0.05) is 70.8 Å². The van der Waals surface area contributed by atoms with Crippen molar-refractivity contribution < 1.29 is 24.9 Å². The Morgan fingerprint density at radius 1 is 0.769 bits per heavy atom. The molecule has 0 spiro atoms. The molecule has 0 aromatic heterocycles. The molecule has 0 fully saturated rings. The first-order valence-corrected chi connectivity index (χ1v) is 9.62. The van der Waals surface area contributed by atoms with E-state index < -0.39 is 11.9 Å². The maximum atomic E-state index is 10.6. The van der Waals surface area contributed by atoms with Crippen molar-refractivity contribution >= 4 is 11.9 Å². The van der Waals surface area contributed by atoms with Gasteiger partial charge in [0.2, 0.25) is 0 Å². The van der Waals surface area contributed by atoms with Gasteiger partial charge in [-0.25, -0.2) is 9.59 Å². The largest absolute Gasteiger partial charge is 0.478 e. The summed E-state index contributed by atoms with van der Waals surface area (Å²) in [6.45, 7) is 4.11. The highest BCUT2D eigenvalue weighted by molar-refractivity contribution is 5.96. The third-order valence-electron chi connectivity index (χ3n) is 4.31. The van der Waals surface area contributed by atoms with Gasteiger partial charge in [0.25, 0.3) is 0 Å². The predicted molar refractivity (Wildman–Crippen MR) is 104 cm³/mol. The van der Waals surface area contributed by atoms with Gasteiger partial charge >= 0.3 is 11.9 Å². The summed E-state index contributed by atoms with van der Waals surface area (Å²) in [5.74, 6) is -2.22. The van der Waals surface area contributed by atoms with Gasteiger partial charge < -0.3 is 15.3 Å². The number of hydrogen-bond acceptors (Lipinski definition) is 3. The van der Waals surface area contributed by atoms with Gasteiger partial charge in [0.1, 0.15) is 0 Å². The van der Waals surface area contributed by atoms with Gasteiger partial charge in [0.15, 0.2) is 0 Å². The van der Waals surface area contributed by atoms with Crippen molar-refractivity contribution in [2.24, 2.45) is 0 Å². The molecule has 0 aliphatic heterocycles. The molecule has 0 saturated heterocycles. The minimum absolute atomic E-state index is 0.0277. The maximum absolute atomic E-state index is 10.6. The molecule has 1 rings (SSSR count). The summed E-state index contributed by atoms with van der Waals surface area (Å²) in [5.41, 5.74) is 0.335. The zero-order chi connectivity index (χ0) is 19.8. The minimum atomic E-state index is -1.11. The van der Waals surface area contributed by atoms with E-state index in [4.69, 9.17) is 15.3 Å². The third-order valence-corrected chi connectivity index (χ3v) is 4.31. The Balaban J connectivity index is 0.000000481. The van der Waals surface area contributed by atoms with E-state index in [2.05, 4.69) is 6.92 Å². The number of carboxylic acids is 2. The molecule has 26 heavy (non-hydrogen) atoms. The van der Waals surface area contributed by atoms with Crippen LogP contribution in [0.25, 0.3) is 0 Å². The van der Waals surface area contributed by atoms with Gasteiger partial charge in [0.05, 0.1) is 11.1 Å². The summed E-state index contributed by atoms with van der Waals surface area (Å²) in [6.07, 6.45) is 13.3. The average Bonchev–Trinajstić information content (AvgIpc) is 2.60. The van der Waals surface area contributed by atoms with Crippen LogP contribution in [0.4, 0.5) is 0 Å². The summed E-state index contributed by atoms with van der Waals surface area (Å²) in [6, 6.07) is 4.17. The molecule has 1 aromatic carbocycles. The van der Waals surface area contributed by atoms with E-state index >= 15 is 0 Å². The monoisotopic (exact) mass is 366 g/mol. The van der Waals surface area contributed by atoms with Gasteiger partial charge in [-0.05, 0) is 31.0 Å². The van der Waals surface area contributed by atoms with Crippen molar-refractivity contribution in [2.75, 3.05) is 6.61 Å². The molecule has 0 aliphatic carbocycles. The lowest BCUT2D eigenvalue weighted by molar-refractivity contribution is 0.0696. The van der Waals surface area contributed by atoms with Gasteiger partial charge in [-0.15, -0.1) is 0 Å². The molecule has 148 valence electrons. The van der Waals surface area contributed by atoms with Gasteiger partial charge in [0, 0.05) is 6.61 Å². The standard InChI is InChI=1S/C12H26O.C9H8O4/c1-2-3-4-5-6-7-8-9-10-11-12-13;1-5-6(8(10)11)3-2-4-7(5)9(12)13/h13H,2-12H2,1H3;2-4H,1H3,(H,10,11)(H,12,13). The smallest absolute Gasteiger partial charge is 0.335 e. The van der Waals surface area contributed by atoms with Crippen LogP contribution in [0.3, 0.4) is 0 Å². The second-order valence-electron chi connectivity index (χ2n) is 6.49. The molecule has 0 amide bonds. The number of aliphatic hydroxyl groups is 1. The Morgan fingerprint density at radius 3 is 1.50 bits per heavy atom. The fraction of sp³-hybridized carbons (Fsp3) is 0.619. The molecule has 0 bridgehead atoms. The van der Waals surface area contributed by atoms with Crippen LogP contribution in [0.2, 0.25) is 0 Å². The van der Waals surface area contributed by atoms with E-state index in [0.717, 1.165) is 6.42 Å². The Labute approximate surface area is 157 Å². The first-order chi connectivity index (χ1) is 12.5. The maximum Gasteiger partial charge on any atom is 0.335 e. The second-order valence-corrected chi connectivity index (χ2v) is 6.49. The van der Waals surface area contributed by atoms with E-state index in [1.807, 2.05) is 0 Å². The first kappa shape index (κ1) is 24.1. The predicted octanol–water partition coefficient (Wildman–Crippen LogP) is 5.29. The van der Waals surface area contributed by atoms with Crippen LogP contribution in [0.1, 0.15) is 97.4 Å². The Kier molecular flexibility index (Phi) is 14.3. The number of carboxylic acid groups (broad SMARTS) is 2. The third kappa shape index (κ3) is 10.9. The number of aliphatic hydroxyl groups excluding tert-OH is 1. The van der Waals surface area contributed by atoms with Gasteiger partial charge in [-0.2, -0.15) is 0 Å². The van der Waals surface area contributed by atoms with Crippen molar-refractivity contribution in [3.05, 3.63) is 34.9 Å². The summed E-state index contributed by atoms with van der Waals surface area (Å²) >= 11 is 0. The van der Waals surface area contributed by atoms with E-state index in [1.54, 1.807) is 0 Å². The molecular weight excluding hydrogens is 332 g/mol.